The molecule has 0 bridgehead atoms. The highest BCUT2D eigenvalue weighted by molar-refractivity contribution is 6.16. The number of methoxy groups -OCH3 is 1. The lowest BCUT2D eigenvalue weighted by Gasteiger charge is -2.16. The molecule has 0 saturated heterocycles. The lowest BCUT2D eigenvalue weighted by Crippen LogP contribution is -2.35. The number of carbonyl (C=O) groups is 2. The largest absolute Gasteiger partial charge is 0.496 e. The predicted octanol–water partition coefficient (Wildman–Crippen LogP) is 4.73. The van der Waals surface area contributed by atoms with E-state index in [2.05, 4.69) is 26.7 Å². The SMILES string of the molecule is COc1[c]cc2ncnc(Oc3ccc(NC(=O)C4(C(=O)Nc5ccc(F)cc5)CC4)cc3)c2c1. The van der Waals surface area contributed by atoms with E-state index in [1.165, 1.54) is 30.6 Å². The molecule has 4 aromatic rings. The van der Waals surface area contributed by atoms with Crippen molar-refractivity contribution in [3.05, 3.63) is 78.9 Å². The van der Waals surface area contributed by atoms with E-state index in [0.29, 0.717) is 52.5 Å². The number of nitrogens with one attached hydrogen (secondary N) is 2. The second-order valence-corrected chi connectivity index (χ2v) is 8.10. The summed E-state index contributed by atoms with van der Waals surface area (Å²) in [6.45, 7) is 0. The van der Waals surface area contributed by atoms with Crippen molar-refractivity contribution in [1.29, 1.82) is 0 Å². The van der Waals surface area contributed by atoms with Crippen LogP contribution in [0.25, 0.3) is 10.9 Å². The Morgan fingerprint density at radius 2 is 1.60 bits per heavy atom. The third-order valence-corrected chi connectivity index (χ3v) is 5.77. The number of amides is 2. The highest BCUT2D eigenvalue weighted by atomic mass is 19.1. The van der Waals surface area contributed by atoms with Crippen molar-refractivity contribution < 1.29 is 23.5 Å². The molecule has 1 aliphatic carbocycles. The molecule has 0 spiro atoms. The summed E-state index contributed by atoms with van der Waals surface area (Å²) in [6.07, 6.45) is 2.28. The molecule has 1 aromatic heterocycles. The molecule has 175 valence electrons. The summed E-state index contributed by atoms with van der Waals surface area (Å²) in [7, 11) is 1.55. The van der Waals surface area contributed by atoms with E-state index in [1.807, 2.05) is 0 Å². The monoisotopic (exact) mass is 471 g/mol. The molecule has 0 aliphatic heterocycles. The summed E-state index contributed by atoms with van der Waals surface area (Å²) in [5, 5.41) is 6.15. The van der Waals surface area contributed by atoms with E-state index in [9.17, 15) is 14.0 Å². The summed E-state index contributed by atoms with van der Waals surface area (Å²) < 4.78 is 24.2. The molecule has 1 heterocycles. The summed E-state index contributed by atoms with van der Waals surface area (Å²) >= 11 is 0. The van der Waals surface area contributed by atoms with Gasteiger partial charge in [-0.05, 0) is 73.5 Å². The first-order valence-corrected chi connectivity index (χ1v) is 10.8. The first-order chi connectivity index (χ1) is 17.0. The molecule has 1 saturated carbocycles. The number of fused-ring (bicyclic) bond motifs is 1. The van der Waals surface area contributed by atoms with Crippen LogP contribution >= 0.6 is 0 Å². The maximum absolute atomic E-state index is 13.1. The molecule has 0 unspecified atom stereocenters. The van der Waals surface area contributed by atoms with Crippen LogP contribution in [-0.4, -0.2) is 28.9 Å². The van der Waals surface area contributed by atoms with Gasteiger partial charge in [0.25, 0.3) is 0 Å². The quantitative estimate of drug-likeness (QED) is 0.378. The predicted molar refractivity (Wildman–Crippen MR) is 127 cm³/mol. The molecule has 1 fully saturated rings. The van der Waals surface area contributed by atoms with Gasteiger partial charge in [0.2, 0.25) is 17.7 Å². The number of hydrogen-bond acceptors (Lipinski definition) is 6. The minimum atomic E-state index is -1.14. The van der Waals surface area contributed by atoms with Gasteiger partial charge in [-0.2, -0.15) is 0 Å². The van der Waals surface area contributed by atoms with Gasteiger partial charge in [0.1, 0.15) is 29.1 Å². The maximum atomic E-state index is 13.1. The van der Waals surface area contributed by atoms with Gasteiger partial charge in [-0.3, -0.25) is 9.59 Å². The van der Waals surface area contributed by atoms with E-state index in [4.69, 9.17) is 9.47 Å². The first kappa shape index (κ1) is 22.3. The third-order valence-electron chi connectivity index (χ3n) is 5.77. The van der Waals surface area contributed by atoms with Gasteiger partial charge in [-0.15, -0.1) is 0 Å². The zero-order chi connectivity index (χ0) is 24.4. The lowest BCUT2D eigenvalue weighted by atomic mass is 10.0. The Balaban J connectivity index is 1.26. The zero-order valence-corrected chi connectivity index (χ0v) is 18.7. The Bertz CT molecular complexity index is 1400. The molecule has 1 aliphatic rings. The smallest absolute Gasteiger partial charge is 0.240 e. The van der Waals surface area contributed by atoms with E-state index in [-0.39, 0.29) is 0 Å². The zero-order valence-electron chi connectivity index (χ0n) is 18.7. The number of halogens is 1. The fourth-order valence-electron chi connectivity index (χ4n) is 3.59. The number of nitrogens with zero attached hydrogens (tertiary/aromatic N) is 2. The standard InChI is InChI=1S/C26H20FN4O4/c1-34-20-10-11-22-21(14-20)23(29-15-28-22)35-19-8-6-18(7-9-19)31-25(33)26(12-13-26)24(32)30-17-4-2-16(27)3-5-17/h2-9,11,14-15H,12-13H2,1H3,(H,30,32)(H,31,33). The highest BCUT2D eigenvalue weighted by Gasteiger charge is 2.56. The molecule has 1 radical (unpaired) electrons. The molecule has 2 N–H and O–H groups in total. The number of rotatable bonds is 7. The van der Waals surface area contributed by atoms with Crippen LogP contribution in [-0.2, 0) is 9.59 Å². The van der Waals surface area contributed by atoms with Gasteiger partial charge < -0.3 is 20.1 Å². The van der Waals surface area contributed by atoms with Crippen LogP contribution in [0.5, 0.6) is 17.4 Å². The fourth-order valence-corrected chi connectivity index (χ4v) is 3.59. The molecule has 2 amide bonds. The number of ether oxygens (including phenoxy) is 2. The second-order valence-electron chi connectivity index (χ2n) is 8.10. The molecule has 9 heteroatoms. The van der Waals surface area contributed by atoms with Crippen LogP contribution < -0.4 is 20.1 Å². The van der Waals surface area contributed by atoms with E-state index in [0.717, 1.165) is 0 Å². The van der Waals surface area contributed by atoms with Crippen molar-refractivity contribution in [3.8, 4) is 17.4 Å². The Morgan fingerprint density at radius 1 is 0.971 bits per heavy atom. The Kier molecular flexibility index (Phi) is 5.74. The summed E-state index contributed by atoms with van der Waals surface area (Å²) in [5.41, 5.74) is 0.476. The Morgan fingerprint density at radius 3 is 2.20 bits per heavy atom. The van der Waals surface area contributed by atoms with Crippen molar-refractivity contribution in [2.24, 2.45) is 5.41 Å². The summed E-state index contributed by atoms with van der Waals surface area (Å²) in [6, 6.07) is 18.5. The lowest BCUT2D eigenvalue weighted by molar-refractivity contribution is -0.131. The van der Waals surface area contributed by atoms with Crippen LogP contribution in [0.4, 0.5) is 15.8 Å². The molecule has 35 heavy (non-hydrogen) atoms. The molecule has 5 rings (SSSR count). The minimum absolute atomic E-state index is 0.355. The number of carbonyl (C=O) groups excluding carboxylic acids is 2. The van der Waals surface area contributed by atoms with Gasteiger partial charge in [-0.1, -0.05) is 0 Å². The van der Waals surface area contributed by atoms with E-state index < -0.39 is 23.0 Å². The fraction of sp³-hybridized carbons (Fsp3) is 0.154. The Hall–Kier alpha value is -4.53. The van der Waals surface area contributed by atoms with Crippen molar-refractivity contribution in [3.63, 3.8) is 0 Å². The van der Waals surface area contributed by atoms with Gasteiger partial charge in [0.05, 0.1) is 18.0 Å². The van der Waals surface area contributed by atoms with Crippen molar-refractivity contribution >= 4 is 34.1 Å². The number of hydrogen-bond donors (Lipinski definition) is 2. The van der Waals surface area contributed by atoms with Crippen molar-refractivity contribution in [1.82, 2.24) is 9.97 Å². The molecule has 3 aromatic carbocycles. The summed E-state index contributed by atoms with van der Waals surface area (Å²) in [4.78, 5) is 34.0. The molecule has 8 nitrogen and oxygen atoms in total. The van der Waals surface area contributed by atoms with E-state index in [1.54, 1.807) is 43.5 Å². The second kappa shape index (κ2) is 9.02. The Labute approximate surface area is 200 Å². The number of aromatic nitrogens is 2. The van der Waals surface area contributed by atoms with E-state index >= 15 is 0 Å². The number of anilines is 2. The maximum Gasteiger partial charge on any atom is 0.240 e. The van der Waals surface area contributed by atoms with Crippen LogP contribution in [0.15, 0.2) is 67.0 Å². The molecule has 0 atom stereocenters. The normalized spacial score (nSPS) is 13.7. The molecular formula is C26H20FN4O4. The van der Waals surface area contributed by atoms with Crippen LogP contribution in [0, 0.1) is 17.3 Å². The first-order valence-electron chi connectivity index (χ1n) is 10.8. The van der Waals surface area contributed by atoms with Crippen LogP contribution in [0.3, 0.4) is 0 Å². The van der Waals surface area contributed by atoms with Gasteiger partial charge >= 0.3 is 0 Å². The average Bonchev–Trinajstić information content (AvgIpc) is 3.69. The van der Waals surface area contributed by atoms with Gasteiger partial charge in [0, 0.05) is 17.4 Å². The third kappa shape index (κ3) is 4.61. The highest BCUT2D eigenvalue weighted by Crippen LogP contribution is 2.47. The van der Waals surface area contributed by atoms with Crippen molar-refractivity contribution in [2.75, 3.05) is 17.7 Å². The van der Waals surface area contributed by atoms with Crippen molar-refractivity contribution in [2.45, 2.75) is 12.8 Å². The topological polar surface area (TPSA) is 102 Å². The van der Waals surface area contributed by atoms with Gasteiger partial charge in [0.15, 0.2) is 0 Å². The van der Waals surface area contributed by atoms with Crippen LogP contribution in [0.2, 0.25) is 0 Å². The molecular weight excluding hydrogens is 451 g/mol. The average molecular weight is 471 g/mol. The minimum Gasteiger partial charge on any atom is -0.496 e. The van der Waals surface area contributed by atoms with Crippen LogP contribution in [0.1, 0.15) is 12.8 Å². The number of benzene rings is 3. The van der Waals surface area contributed by atoms with Gasteiger partial charge in [-0.25, -0.2) is 14.4 Å². The summed E-state index contributed by atoms with van der Waals surface area (Å²) in [5.74, 6) is 0.187.